The van der Waals surface area contributed by atoms with Crippen LogP contribution < -0.4 is 15.2 Å². The molecule has 0 aliphatic carbocycles. The van der Waals surface area contributed by atoms with E-state index in [1.54, 1.807) is 0 Å². The number of nitrogens with two attached hydrogens (primary N) is 1. The van der Waals surface area contributed by atoms with Gasteiger partial charge in [-0.05, 0) is 38.1 Å². The highest BCUT2D eigenvalue weighted by molar-refractivity contribution is 5.32. The van der Waals surface area contributed by atoms with E-state index in [1.165, 1.54) is 0 Å². The molecule has 0 spiro atoms. The van der Waals surface area contributed by atoms with Gasteiger partial charge in [0.2, 0.25) is 0 Å². The van der Waals surface area contributed by atoms with Gasteiger partial charge in [0.15, 0.2) is 5.82 Å². The zero-order chi connectivity index (χ0) is 18.4. The number of hydrogen-bond donors (Lipinski definition) is 1. The van der Waals surface area contributed by atoms with Crippen LogP contribution in [0, 0.1) is 0 Å². The minimum Gasteiger partial charge on any atom is -0.492 e. The van der Waals surface area contributed by atoms with Gasteiger partial charge in [-0.2, -0.15) is 0 Å². The Morgan fingerprint density at radius 3 is 2.50 bits per heavy atom. The molecular weight excluding hydrogens is 334 g/mol. The minimum atomic E-state index is -0.193. The zero-order valence-electron chi connectivity index (χ0n) is 15.4. The van der Waals surface area contributed by atoms with Crippen LogP contribution in [0.2, 0.25) is 0 Å². The lowest BCUT2D eigenvalue weighted by atomic mass is 10.3. The van der Waals surface area contributed by atoms with E-state index < -0.39 is 0 Å². The Hall–Kier alpha value is -2.16. The number of benzene rings is 1. The molecule has 26 heavy (non-hydrogen) atoms. The summed E-state index contributed by atoms with van der Waals surface area (Å²) in [5.74, 6) is 2.22. The summed E-state index contributed by atoms with van der Waals surface area (Å²) in [7, 11) is 0. The fourth-order valence-electron chi connectivity index (χ4n) is 2.84. The van der Waals surface area contributed by atoms with Gasteiger partial charge < -0.3 is 19.9 Å². The van der Waals surface area contributed by atoms with E-state index in [-0.39, 0.29) is 6.04 Å². The lowest BCUT2D eigenvalue weighted by Crippen LogP contribution is -2.38. The van der Waals surface area contributed by atoms with Crippen molar-refractivity contribution in [1.29, 1.82) is 0 Å². The number of rotatable bonds is 8. The van der Waals surface area contributed by atoms with E-state index in [0.717, 1.165) is 38.6 Å². The quantitative estimate of drug-likeness (QED) is 0.767. The first kappa shape index (κ1) is 18.6. The second-order valence-electron chi connectivity index (χ2n) is 6.25. The second kappa shape index (κ2) is 8.98. The summed E-state index contributed by atoms with van der Waals surface area (Å²) in [6.07, 6.45) is 0. The smallest absolute Gasteiger partial charge is 0.322 e. The number of nitrogens with zero attached hydrogens (tertiary/aromatic N) is 4. The van der Waals surface area contributed by atoms with Gasteiger partial charge >= 0.3 is 6.01 Å². The Labute approximate surface area is 153 Å². The van der Waals surface area contributed by atoms with Crippen molar-refractivity contribution in [3.63, 3.8) is 0 Å². The molecule has 2 aromatic rings. The number of ether oxygens (including phenoxy) is 3. The second-order valence-corrected chi connectivity index (χ2v) is 6.25. The largest absolute Gasteiger partial charge is 0.492 e. The molecule has 0 bridgehead atoms. The third kappa shape index (κ3) is 4.72. The zero-order valence-corrected chi connectivity index (χ0v) is 15.4. The summed E-state index contributed by atoms with van der Waals surface area (Å²) >= 11 is 0. The van der Waals surface area contributed by atoms with Crippen molar-refractivity contribution in [2.45, 2.75) is 26.4 Å². The van der Waals surface area contributed by atoms with Crippen molar-refractivity contribution in [2.24, 2.45) is 5.73 Å². The maximum Gasteiger partial charge on any atom is 0.322 e. The van der Waals surface area contributed by atoms with Gasteiger partial charge in [0, 0.05) is 26.2 Å². The summed E-state index contributed by atoms with van der Waals surface area (Å²) in [5.41, 5.74) is 5.91. The van der Waals surface area contributed by atoms with Crippen molar-refractivity contribution in [1.82, 2.24) is 19.7 Å². The SMILES string of the molecule is CCn1c(Oc2ccc(OCCN3CCOCC3)cc2)nnc1[C@@H](C)N. The Kier molecular flexibility index (Phi) is 6.43. The van der Waals surface area contributed by atoms with E-state index in [4.69, 9.17) is 19.9 Å². The average molecular weight is 361 g/mol. The molecule has 1 fully saturated rings. The lowest BCUT2D eigenvalue weighted by Gasteiger charge is -2.26. The first-order chi connectivity index (χ1) is 12.7. The molecule has 1 aromatic heterocycles. The van der Waals surface area contributed by atoms with Crippen LogP contribution in [0.4, 0.5) is 0 Å². The van der Waals surface area contributed by atoms with Gasteiger partial charge in [0.1, 0.15) is 18.1 Å². The average Bonchev–Trinajstić information content (AvgIpc) is 3.07. The highest BCUT2D eigenvalue weighted by atomic mass is 16.5. The molecule has 2 N–H and O–H groups in total. The Morgan fingerprint density at radius 1 is 1.15 bits per heavy atom. The van der Waals surface area contributed by atoms with Crippen LogP contribution in [0.15, 0.2) is 24.3 Å². The van der Waals surface area contributed by atoms with E-state index in [9.17, 15) is 0 Å². The third-order valence-electron chi connectivity index (χ3n) is 4.28. The van der Waals surface area contributed by atoms with Gasteiger partial charge in [-0.3, -0.25) is 9.47 Å². The predicted molar refractivity (Wildman–Crippen MR) is 97.6 cm³/mol. The molecule has 142 valence electrons. The molecule has 1 aliphatic heterocycles. The maximum absolute atomic E-state index is 5.91. The third-order valence-corrected chi connectivity index (χ3v) is 4.28. The maximum atomic E-state index is 5.91. The summed E-state index contributed by atoms with van der Waals surface area (Å²) in [5, 5.41) is 8.20. The molecule has 1 saturated heterocycles. The van der Waals surface area contributed by atoms with Crippen molar-refractivity contribution in [2.75, 3.05) is 39.5 Å². The lowest BCUT2D eigenvalue weighted by molar-refractivity contribution is 0.0322. The van der Waals surface area contributed by atoms with Crippen molar-refractivity contribution in [3.8, 4) is 17.5 Å². The number of aromatic nitrogens is 3. The molecule has 1 aliphatic rings. The van der Waals surface area contributed by atoms with Crippen LogP contribution in [0.1, 0.15) is 25.7 Å². The van der Waals surface area contributed by atoms with E-state index in [2.05, 4.69) is 15.1 Å². The normalized spacial score (nSPS) is 16.4. The monoisotopic (exact) mass is 361 g/mol. The Morgan fingerprint density at radius 2 is 1.85 bits per heavy atom. The molecule has 8 nitrogen and oxygen atoms in total. The van der Waals surface area contributed by atoms with Gasteiger partial charge in [-0.25, -0.2) is 0 Å². The molecule has 3 rings (SSSR count). The first-order valence-electron chi connectivity index (χ1n) is 9.07. The molecule has 0 radical (unpaired) electrons. The molecule has 0 unspecified atom stereocenters. The predicted octanol–water partition coefficient (Wildman–Crippen LogP) is 1.82. The summed E-state index contributed by atoms with van der Waals surface area (Å²) < 4.78 is 18.9. The van der Waals surface area contributed by atoms with Gasteiger partial charge in [0.25, 0.3) is 0 Å². The molecule has 2 heterocycles. The fraction of sp³-hybridized carbons (Fsp3) is 0.556. The van der Waals surface area contributed by atoms with E-state index >= 15 is 0 Å². The highest BCUT2D eigenvalue weighted by Gasteiger charge is 2.15. The van der Waals surface area contributed by atoms with Crippen LogP contribution in [0.3, 0.4) is 0 Å². The molecule has 0 amide bonds. The van der Waals surface area contributed by atoms with Crippen LogP contribution in [-0.2, 0) is 11.3 Å². The Bertz CT molecular complexity index is 681. The van der Waals surface area contributed by atoms with E-state index in [1.807, 2.05) is 42.7 Å². The molecular formula is C18H27N5O3. The number of morpholine rings is 1. The number of hydrogen-bond acceptors (Lipinski definition) is 7. The van der Waals surface area contributed by atoms with Crippen LogP contribution in [0.25, 0.3) is 0 Å². The molecule has 1 aromatic carbocycles. The topological polar surface area (TPSA) is 87.7 Å². The summed E-state index contributed by atoms with van der Waals surface area (Å²) in [6.45, 7) is 9.69. The first-order valence-corrected chi connectivity index (χ1v) is 9.07. The van der Waals surface area contributed by atoms with Crippen molar-refractivity contribution >= 4 is 0 Å². The minimum absolute atomic E-state index is 0.193. The van der Waals surface area contributed by atoms with Gasteiger partial charge in [-0.15, -0.1) is 5.10 Å². The van der Waals surface area contributed by atoms with Gasteiger partial charge in [0.05, 0.1) is 19.3 Å². The van der Waals surface area contributed by atoms with Crippen LogP contribution in [-0.4, -0.2) is 59.1 Å². The summed E-state index contributed by atoms with van der Waals surface area (Å²) in [6, 6.07) is 7.78. The van der Waals surface area contributed by atoms with Crippen molar-refractivity contribution in [3.05, 3.63) is 30.1 Å². The van der Waals surface area contributed by atoms with Crippen molar-refractivity contribution < 1.29 is 14.2 Å². The van der Waals surface area contributed by atoms with Crippen LogP contribution >= 0.6 is 0 Å². The van der Waals surface area contributed by atoms with Gasteiger partial charge in [-0.1, -0.05) is 5.10 Å². The standard InChI is InChI=1S/C18H27N5O3/c1-3-23-17(14(2)19)20-21-18(23)26-16-6-4-15(5-7-16)25-13-10-22-8-11-24-12-9-22/h4-7,14H,3,8-13,19H2,1-2H3/t14-/m1/s1. The molecule has 0 saturated carbocycles. The molecule has 1 atom stereocenters. The summed E-state index contributed by atoms with van der Waals surface area (Å²) in [4.78, 5) is 2.34. The Balaban J connectivity index is 1.53. The highest BCUT2D eigenvalue weighted by Crippen LogP contribution is 2.24. The van der Waals surface area contributed by atoms with Crippen LogP contribution in [0.5, 0.6) is 17.5 Å². The molecule has 8 heteroatoms. The fourth-order valence-corrected chi connectivity index (χ4v) is 2.84. The van der Waals surface area contributed by atoms with E-state index in [0.29, 0.717) is 30.7 Å².